The van der Waals surface area contributed by atoms with Gasteiger partial charge in [0.05, 0.1) is 5.56 Å². The van der Waals surface area contributed by atoms with Crippen LogP contribution in [0.3, 0.4) is 0 Å². The summed E-state index contributed by atoms with van der Waals surface area (Å²) in [5.74, 6) is -8.26. The van der Waals surface area contributed by atoms with Gasteiger partial charge in [-0.1, -0.05) is 33.6 Å². The highest BCUT2D eigenvalue weighted by Gasteiger charge is 2.64. The quantitative estimate of drug-likeness (QED) is 0.187. The van der Waals surface area contributed by atoms with Crippen molar-refractivity contribution in [3.8, 4) is 5.75 Å². The molecule has 1 saturated carbocycles. The number of phenolic OH excluding ortho intramolecular Hbond substituents is 1. The highest BCUT2D eigenvalue weighted by molar-refractivity contribution is 6.23. The van der Waals surface area contributed by atoms with Crippen LogP contribution in [-0.2, 0) is 32.1 Å². The number of fused-ring (bicyclic) bond motifs is 3. The third-order valence-electron chi connectivity index (χ3n) is 8.99. The van der Waals surface area contributed by atoms with Gasteiger partial charge < -0.3 is 36.4 Å². The van der Waals surface area contributed by atoms with E-state index in [1.165, 1.54) is 0 Å². The molecule has 4 rings (SSSR count). The molecular weight excluding hydrogens is 542 g/mol. The highest BCUT2D eigenvalue weighted by atomic mass is 16.3. The molecule has 11 nitrogen and oxygen atoms in total. The van der Waals surface area contributed by atoms with Gasteiger partial charge in [0, 0.05) is 55.7 Å². The Balaban J connectivity index is 1.85. The first-order valence-electron chi connectivity index (χ1n) is 14.5. The number of anilines is 1. The van der Waals surface area contributed by atoms with Crippen molar-refractivity contribution in [2.45, 2.75) is 71.4 Å². The predicted octanol–water partition coefficient (Wildman–Crippen LogP) is 2.57. The van der Waals surface area contributed by atoms with Crippen LogP contribution in [-0.4, -0.2) is 63.5 Å². The van der Waals surface area contributed by atoms with Crippen molar-refractivity contribution in [3.05, 3.63) is 39.7 Å². The van der Waals surface area contributed by atoms with E-state index in [9.17, 15) is 39.6 Å². The van der Waals surface area contributed by atoms with E-state index in [2.05, 4.69) is 5.32 Å². The van der Waals surface area contributed by atoms with Gasteiger partial charge in [0.15, 0.2) is 11.4 Å². The number of nitrogens with zero attached hydrogens (tertiary/aromatic N) is 1. The number of nitrogens with two attached hydrogens (primary N) is 1. The molecule has 0 aromatic heterocycles. The summed E-state index contributed by atoms with van der Waals surface area (Å²) in [7, 11) is 3.59. The second-order valence-corrected chi connectivity index (χ2v) is 12.2. The van der Waals surface area contributed by atoms with Gasteiger partial charge in [0.25, 0.3) is 5.91 Å². The van der Waals surface area contributed by atoms with E-state index in [-0.39, 0.29) is 42.2 Å². The van der Waals surface area contributed by atoms with Gasteiger partial charge in [0.1, 0.15) is 22.8 Å². The number of nitrogens with one attached hydrogen (secondary N) is 1. The summed E-state index contributed by atoms with van der Waals surface area (Å²) in [4.78, 5) is 53.7. The van der Waals surface area contributed by atoms with Crippen LogP contribution in [0.5, 0.6) is 5.75 Å². The Morgan fingerprint density at radius 1 is 1.17 bits per heavy atom. The lowest BCUT2D eigenvalue weighted by Crippen LogP contribution is -2.62. The number of rotatable bonds is 9. The highest BCUT2D eigenvalue weighted by Crippen LogP contribution is 2.55. The number of Topliss-reactive ketones (excluding diaryl/α,β-unsaturated/α-hetero) is 2. The van der Waals surface area contributed by atoms with Crippen LogP contribution in [0.25, 0.3) is 5.76 Å². The monoisotopic (exact) mass is 583 g/mol. The van der Waals surface area contributed by atoms with Gasteiger partial charge in [-0.25, -0.2) is 0 Å². The standard InChI is InChI=1S/C31H41N3O8/c1-6-7-8-9-20(35)33-13-16-12-19(34(4)5)17-10-15-11-18-21(14(2)3)26(37)24(30(32)41)29(40)31(18,42)28(39)22(15)27(38)23(17)25(16)36/h12,14-15,18,21,36,38,40,42H,6-11,13H2,1-5H3,(H2,32,41)(H,33,35)/t15-,18-,21-,31-/m0/s1. The van der Waals surface area contributed by atoms with E-state index in [0.29, 0.717) is 23.2 Å². The smallest absolute Gasteiger partial charge is 0.255 e. The molecule has 1 aromatic carbocycles. The van der Waals surface area contributed by atoms with Crippen LogP contribution in [0.2, 0.25) is 0 Å². The van der Waals surface area contributed by atoms with Crippen LogP contribution in [0.15, 0.2) is 23.0 Å². The number of aliphatic hydroxyl groups excluding tert-OH is 2. The number of hydrogen-bond donors (Lipinski definition) is 6. The van der Waals surface area contributed by atoms with Crippen molar-refractivity contribution in [3.63, 3.8) is 0 Å². The number of benzene rings is 1. The van der Waals surface area contributed by atoms with Crippen molar-refractivity contribution in [1.82, 2.24) is 5.32 Å². The van der Waals surface area contributed by atoms with Gasteiger partial charge in [-0.05, 0) is 42.7 Å². The fourth-order valence-corrected chi connectivity index (χ4v) is 6.94. The summed E-state index contributed by atoms with van der Waals surface area (Å²) in [5, 5.41) is 48.5. The summed E-state index contributed by atoms with van der Waals surface area (Å²) < 4.78 is 0. The first-order chi connectivity index (χ1) is 19.7. The zero-order chi connectivity index (χ0) is 31.3. The molecular formula is C31H41N3O8. The molecule has 1 aromatic rings. The van der Waals surface area contributed by atoms with E-state index >= 15 is 0 Å². The number of carbonyl (C=O) groups excluding carboxylic acids is 4. The van der Waals surface area contributed by atoms with Crippen LogP contribution >= 0.6 is 0 Å². The van der Waals surface area contributed by atoms with Gasteiger partial charge in [-0.15, -0.1) is 0 Å². The van der Waals surface area contributed by atoms with E-state index in [1.807, 2.05) is 6.92 Å². The summed E-state index contributed by atoms with van der Waals surface area (Å²) in [6.07, 6.45) is 3.22. The first-order valence-corrected chi connectivity index (χ1v) is 14.5. The minimum atomic E-state index is -2.66. The average molecular weight is 584 g/mol. The second kappa shape index (κ2) is 11.4. The Morgan fingerprint density at radius 2 is 1.83 bits per heavy atom. The number of ketones is 2. The Kier molecular flexibility index (Phi) is 8.46. The minimum absolute atomic E-state index is 0.00368. The first kappa shape index (κ1) is 31.1. The number of phenols is 1. The third-order valence-corrected chi connectivity index (χ3v) is 8.99. The fourth-order valence-electron chi connectivity index (χ4n) is 6.94. The van der Waals surface area contributed by atoms with Gasteiger partial charge in [0.2, 0.25) is 11.7 Å². The molecule has 0 aliphatic heterocycles. The van der Waals surface area contributed by atoms with E-state index in [4.69, 9.17) is 5.73 Å². The van der Waals surface area contributed by atoms with Crippen LogP contribution in [0.1, 0.15) is 69.6 Å². The molecule has 3 aliphatic rings. The predicted molar refractivity (Wildman–Crippen MR) is 155 cm³/mol. The average Bonchev–Trinajstić information content (AvgIpc) is 2.89. The van der Waals surface area contributed by atoms with Crippen molar-refractivity contribution in [2.24, 2.45) is 29.4 Å². The van der Waals surface area contributed by atoms with Crippen LogP contribution < -0.4 is 16.0 Å². The Hall–Kier alpha value is -3.86. The molecule has 0 heterocycles. The lowest BCUT2D eigenvalue weighted by Gasteiger charge is -2.50. The van der Waals surface area contributed by atoms with Crippen molar-refractivity contribution < 1.29 is 39.6 Å². The maximum atomic E-state index is 14.1. The van der Waals surface area contributed by atoms with E-state index in [1.54, 1.807) is 38.9 Å². The summed E-state index contributed by atoms with van der Waals surface area (Å²) in [6, 6.07) is 1.73. The second-order valence-electron chi connectivity index (χ2n) is 12.2. The molecule has 1 fully saturated rings. The van der Waals surface area contributed by atoms with E-state index in [0.717, 1.165) is 19.3 Å². The van der Waals surface area contributed by atoms with Gasteiger partial charge in [-0.2, -0.15) is 0 Å². The number of primary amides is 1. The number of aromatic hydroxyl groups is 1. The van der Waals surface area contributed by atoms with E-state index < -0.39 is 63.8 Å². The largest absolute Gasteiger partial charge is 0.508 e. The molecule has 0 radical (unpaired) electrons. The Bertz CT molecular complexity index is 1410. The molecule has 0 spiro atoms. The topological polar surface area (TPSA) is 190 Å². The number of aliphatic hydroxyl groups is 3. The number of unbranched alkanes of at least 4 members (excludes halogenated alkanes) is 2. The SMILES string of the molecule is CCCCCC(=O)NCc1cc(N(C)C)c2c(c1O)C(O)=C1C(=O)[C@]3(O)C(O)=C(C(N)=O)C(=O)[C@@H](C(C)C)[C@@H]3C[C@@H]1C2. The minimum Gasteiger partial charge on any atom is -0.508 e. The lowest BCUT2D eigenvalue weighted by molar-refractivity contribution is -0.155. The zero-order valence-electron chi connectivity index (χ0n) is 24.8. The maximum Gasteiger partial charge on any atom is 0.255 e. The molecule has 11 heteroatoms. The number of hydrogen-bond acceptors (Lipinski definition) is 9. The lowest BCUT2D eigenvalue weighted by atomic mass is 9.54. The van der Waals surface area contributed by atoms with Crippen LogP contribution in [0.4, 0.5) is 5.69 Å². The molecule has 0 unspecified atom stereocenters. The molecule has 4 atom stereocenters. The van der Waals surface area contributed by atoms with Crippen molar-refractivity contribution >= 4 is 34.8 Å². The normalized spacial score (nSPS) is 25.3. The number of carbonyl (C=O) groups is 4. The summed E-state index contributed by atoms with van der Waals surface area (Å²) in [6.45, 7) is 5.47. The van der Waals surface area contributed by atoms with Crippen molar-refractivity contribution in [1.29, 1.82) is 0 Å². The summed E-state index contributed by atoms with van der Waals surface area (Å²) >= 11 is 0. The Morgan fingerprint density at radius 3 is 2.40 bits per heavy atom. The Labute approximate surface area is 245 Å². The molecule has 3 aliphatic carbocycles. The zero-order valence-corrected chi connectivity index (χ0v) is 24.8. The number of amides is 2. The fraction of sp³-hybridized carbons (Fsp3) is 0.548. The molecule has 0 saturated heterocycles. The molecule has 42 heavy (non-hydrogen) atoms. The maximum absolute atomic E-state index is 14.1. The van der Waals surface area contributed by atoms with Crippen molar-refractivity contribution in [2.75, 3.05) is 19.0 Å². The van der Waals surface area contributed by atoms with Crippen LogP contribution in [0, 0.1) is 23.7 Å². The molecule has 7 N–H and O–H groups in total. The molecule has 2 amide bonds. The molecule has 0 bridgehead atoms. The van der Waals surface area contributed by atoms with Gasteiger partial charge >= 0.3 is 0 Å². The summed E-state index contributed by atoms with van der Waals surface area (Å²) in [5.41, 5.74) is 3.29. The third kappa shape index (κ3) is 4.83. The molecule has 228 valence electrons. The van der Waals surface area contributed by atoms with Gasteiger partial charge in [-0.3, -0.25) is 19.2 Å².